The predicted octanol–water partition coefficient (Wildman–Crippen LogP) is 12.2. The van der Waals surface area contributed by atoms with Gasteiger partial charge in [-0.2, -0.15) is 0 Å². The van der Waals surface area contributed by atoms with Gasteiger partial charge in [0.1, 0.15) is 0 Å². The molecule has 2 heterocycles. The monoisotopic (exact) mass is 652 g/mol. The molecule has 1 aliphatic rings. The van der Waals surface area contributed by atoms with E-state index in [1.165, 1.54) is 22.3 Å². The molecule has 0 radical (unpaired) electrons. The Morgan fingerprint density at radius 3 is 1.90 bits per heavy atom. The lowest BCUT2D eigenvalue weighted by Gasteiger charge is -2.22. The van der Waals surface area contributed by atoms with Crippen LogP contribution in [-0.4, -0.2) is 15.0 Å². The third kappa shape index (κ3) is 5.28. The van der Waals surface area contributed by atoms with Crippen molar-refractivity contribution < 1.29 is 0 Å². The van der Waals surface area contributed by atoms with Crippen molar-refractivity contribution >= 4 is 16.5 Å². The minimum Gasteiger partial charge on any atom is -0.264 e. The van der Waals surface area contributed by atoms with Gasteiger partial charge in [0.15, 0.2) is 11.5 Å². The molecule has 4 heteroatoms. The summed E-state index contributed by atoms with van der Waals surface area (Å²) in [6.45, 7) is 12.4. The Kier molecular flexibility index (Phi) is 7.15. The second-order valence-electron chi connectivity index (χ2n) is 13.6. The van der Waals surface area contributed by atoms with Gasteiger partial charge in [0.2, 0.25) is 0 Å². The van der Waals surface area contributed by atoms with Gasteiger partial charge in [-0.3, -0.25) is 4.98 Å². The molecule has 240 valence electrons. The zero-order valence-electron chi connectivity index (χ0n) is 28.3. The van der Waals surface area contributed by atoms with Crippen molar-refractivity contribution in [3.05, 3.63) is 181 Å². The SMILES string of the molecule is [C-]#[N+]c1cccc2cc3c(cc12)-c1ccc(-c2cc(-c4cccnc4)cc(-c4cc(-c5ccccc5)nc(-c5ccccc5)n4)c2)cc1C3(C)C. The normalized spacial score (nSPS) is 12.6. The number of fused-ring (bicyclic) bond motifs is 4. The maximum Gasteiger partial charge on any atom is 0.194 e. The van der Waals surface area contributed by atoms with Crippen LogP contribution < -0.4 is 0 Å². The van der Waals surface area contributed by atoms with Crippen LogP contribution in [0.2, 0.25) is 0 Å². The molecule has 9 rings (SSSR count). The molecule has 51 heavy (non-hydrogen) atoms. The number of pyridine rings is 1. The summed E-state index contributed by atoms with van der Waals surface area (Å²) in [6, 6.07) is 50.7. The first-order valence-electron chi connectivity index (χ1n) is 17.1. The van der Waals surface area contributed by atoms with Crippen molar-refractivity contribution in [3.63, 3.8) is 0 Å². The Bertz CT molecular complexity index is 2600. The van der Waals surface area contributed by atoms with E-state index in [1.54, 1.807) is 0 Å². The van der Waals surface area contributed by atoms with Gasteiger partial charge in [-0.25, -0.2) is 14.8 Å². The standard InChI is InChI=1S/C47H32N4/c1-47(2)41-25-32(19-20-38(41)40-27-39-33(26-42(40)47)16-10-18-43(39)48-3)35-22-36(34-17-11-21-49-29-34)24-37(23-35)45-28-44(30-12-6-4-7-13-30)50-46(51-45)31-14-8-5-9-15-31/h4-29H,1-2H3. The molecular formula is C47H32N4. The van der Waals surface area contributed by atoms with E-state index in [1.807, 2.05) is 67.0 Å². The fourth-order valence-corrected chi connectivity index (χ4v) is 7.48. The van der Waals surface area contributed by atoms with Gasteiger partial charge in [-0.05, 0) is 86.1 Å². The Hall–Kier alpha value is -6.70. The van der Waals surface area contributed by atoms with Crippen LogP contribution in [0.25, 0.3) is 82.9 Å². The van der Waals surface area contributed by atoms with Crippen LogP contribution in [0.5, 0.6) is 0 Å². The smallest absolute Gasteiger partial charge is 0.194 e. The highest BCUT2D eigenvalue weighted by atomic mass is 14.9. The Balaban J connectivity index is 1.23. The molecule has 4 nitrogen and oxygen atoms in total. The number of nitrogens with zero attached hydrogens (tertiary/aromatic N) is 4. The second-order valence-corrected chi connectivity index (χ2v) is 13.6. The third-order valence-corrected chi connectivity index (χ3v) is 10.2. The molecule has 2 aromatic heterocycles. The minimum absolute atomic E-state index is 0.214. The van der Waals surface area contributed by atoms with Gasteiger partial charge in [0.25, 0.3) is 0 Å². The minimum atomic E-state index is -0.214. The molecule has 0 spiro atoms. The van der Waals surface area contributed by atoms with Gasteiger partial charge in [0.05, 0.1) is 18.0 Å². The van der Waals surface area contributed by atoms with Gasteiger partial charge < -0.3 is 0 Å². The topological polar surface area (TPSA) is 43.0 Å². The summed E-state index contributed by atoms with van der Waals surface area (Å²) in [6.07, 6.45) is 3.72. The van der Waals surface area contributed by atoms with Crippen LogP contribution in [0.4, 0.5) is 5.69 Å². The summed E-state index contributed by atoms with van der Waals surface area (Å²) in [4.78, 5) is 18.5. The lowest BCUT2D eigenvalue weighted by molar-refractivity contribution is 0.661. The van der Waals surface area contributed by atoms with Gasteiger partial charge in [0, 0.05) is 40.1 Å². The highest BCUT2D eigenvalue weighted by Gasteiger charge is 2.36. The Labute approximate surface area is 297 Å². The van der Waals surface area contributed by atoms with Crippen molar-refractivity contribution in [2.45, 2.75) is 19.3 Å². The molecule has 0 saturated heterocycles. The molecular weight excluding hydrogens is 621 g/mol. The van der Waals surface area contributed by atoms with E-state index in [4.69, 9.17) is 16.5 Å². The van der Waals surface area contributed by atoms with E-state index in [0.717, 1.165) is 61.1 Å². The predicted molar refractivity (Wildman–Crippen MR) is 208 cm³/mol. The average molecular weight is 653 g/mol. The first-order chi connectivity index (χ1) is 25.0. The van der Waals surface area contributed by atoms with Crippen molar-refractivity contribution in [2.75, 3.05) is 0 Å². The third-order valence-electron chi connectivity index (χ3n) is 10.2. The first-order valence-corrected chi connectivity index (χ1v) is 17.1. The van der Waals surface area contributed by atoms with Gasteiger partial charge >= 0.3 is 0 Å². The first kappa shape index (κ1) is 30.4. The van der Waals surface area contributed by atoms with Gasteiger partial charge in [-0.1, -0.05) is 123 Å². The highest BCUT2D eigenvalue weighted by molar-refractivity contribution is 6.00. The van der Waals surface area contributed by atoms with Crippen molar-refractivity contribution in [3.8, 4) is 67.3 Å². The summed E-state index contributed by atoms with van der Waals surface area (Å²) in [5.74, 6) is 0.686. The maximum absolute atomic E-state index is 7.75. The molecule has 0 bridgehead atoms. The fraction of sp³-hybridized carbons (Fsp3) is 0.0638. The highest BCUT2D eigenvalue weighted by Crippen LogP contribution is 2.51. The van der Waals surface area contributed by atoms with Gasteiger partial charge in [-0.15, -0.1) is 0 Å². The summed E-state index contributed by atoms with van der Waals surface area (Å²) in [5, 5.41) is 2.11. The number of hydrogen-bond donors (Lipinski definition) is 0. The molecule has 6 aromatic carbocycles. The maximum atomic E-state index is 7.75. The molecule has 0 fully saturated rings. The van der Waals surface area contributed by atoms with E-state index in [0.29, 0.717) is 11.5 Å². The number of hydrogen-bond acceptors (Lipinski definition) is 3. The molecule has 8 aromatic rings. The number of aromatic nitrogens is 3. The van der Waals surface area contributed by atoms with Crippen LogP contribution in [0.15, 0.2) is 158 Å². The number of rotatable bonds is 5. The molecule has 0 amide bonds. The molecule has 0 saturated carbocycles. The Morgan fingerprint density at radius 2 is 1.18 bits per heavy atom. The number of benzene rings is 6. The summed E-state index contributed by atoms with van der Waals surface area (Å²) >= 11 is 0. The molecule has 0 aliphatic heterocycles. The molecule has 1 aliphatic carbocycles. The quantitative estimate of drug-likeness (QED) is 0.174. The largest absolute Gasteiger partial charge is 0.264 e. The van der Waals surface area contributed by atoms with E-state index in [2.05, 4.69) is 115 Å². The zero-order valence-corrected chi connectivity index (χ0v) is 28.3. The van der Waals surface area contributed by atoms with Crippen molar-refractivity contribution in [1.29, 1.82) is 0 Å². The molecule has 0 N–H and O–H groups in total. The summed E-state index contributed by atoms with van der Waals surface area (Å²) < 4.78 is 0. The second kappa shape index (κ2) is 12.0. The lowest BCUT2D eigenvalue weighted by Crippen LogP contribution is -2.15. The van der Waals surface area contributed by atoms with Crippen molar-refractivity contribution in [2.24, 2.45) is 0 Å². The van der Waals surface area contributed by atoms with E-state index in [9.17, 15) is 0 Å². The van der Waals surface area contributed by atoms with E-state index < -0.39 is 0 Å². The lowest BCUT2D eigenvalue weighted by atomic mass is 9.81. The van der Waals surface area contributed by atoms with E-state index in [-0.39, 0.29) is 5.41 Å². The van der Waals surface area contributed by atoms with Crippen LogP contribution in [0, 0.1) is 6.57 Å². The molecule has 0 atom stereocenters. The van der Waals surface area contributed by atoms with Crippen LogP contribution >= 0.6 is 0 Å². The zero-order chi connectivity index (χ0) is 34.5. The Morgan fingerprint density at radius 1 is 0.510 bits per heavy atom. The van der Waals surface area contributed by atoms with E-state index >= 15 is 0 Å². The van der Waals surface area contributed by atoms with Crippen LogP contribution in [-0.2, 0) is 5.41 Å². The molecule has 0 unspecified atom stereocenters. The average Bonchev–Trinajstić information content (AvgIpc) is 3.42. The fourth-order valence-electron chi connectivity index (χ4n) is 7.48. The van der Waals surface area contributed by atoms with Crippen LogP contribution in [0.3, 0.4) is 0 Å². The van der Waals surface area contributed by atoms with Crippen LogP contribution in [0.1, 0.15) is 25.0 Å². The summed E-state index contributed by atoms with van der Waals surface area (Å²) in [7, 11) is 0. The van der Waals surface area contributed by atoms with Crippen molar-refractivity contribution in [1.82, 2.24) is 15.0 Å². The summed E-state index contributed by atoms with van der Waals surface area (Å²) in [5.41, 5.74) is 14.6.